The van der Waals surface area contributed by atoms with Crippen molar-refractivity contribution in [2.45, 2.75) is 18.5 Å². The Bertz CT molecular complexity index is 615. The topological polar surface area (TPSA) is 38.0 Å². The molecule has 3 rings (SSSR count). The van der Waals surface area contributed by atoms with E-state index in [0.29, 0.717) is 10.7 Å². The summed E-state index contributed by atoms with van der Waals surface area (Å²) in [6.45, 7) is 0. The molecule has 2 atom stereocenters. The molecule has 0 fully saturated rings. The summed E-state index contributed by atoms with van der Waals surface area (Å²) in [7, 11) is 0. The number of fused-ring (bicyclic) bond motifs is 1. The van der Waals surface area contributed by atoms with Crippen LogP contribution in [-0.4, -0.2) is 0 Å². The fourth-order valence-corrected chi connectivity index (χ4v) is 2.76. The summed E-state index contributed by atoms with van der Waals surface area (Å²) < 4.78 is 13.8. The molecule has 0 bridgehead atoms. The summed E-state index contributed by atoms with van der Waals surface area (Å²) in [5.41, 5.74) is 8.83. The number of hydrogen-bond donors (Lipinski definition) is 2. The summed E-state index contributed by atoms with van der Waals surface area (Å²) in [6, 6.07) is 12.7. The number of benzene rings is 2. The number of rotatable bonds is 2. The summed E-state index contributed by atoms with van der Waals surface area (Å²) in [5, 5.41) is 3.60. The molecule has 1 aliphatic carbocycles. The Morgan fingerprint density at radius 2 is 1.89 bits per heavy atom. The maximum absolute atomic E-state index is 13.8. The van der Waals surface area contributed by atoms with Gasteiger partial charge in [-0.2, -0.15) is 0 Å². The highest BCUT2D eigenvalue weighted by Crippen LogP contribution is 2.39. The maximum atomic E-state index is 13.8. The van der Waals surface area contributed by atoms with Gasteiger partial charge in [-0.3, -0.25) is 0 Å². The first-order valence-electron chi connectivity index (χ1n) is 6.21. The fourth-order valence-electron chi connectivity index (χ4n) is 2.60. The second kappa shape index (κ2) is 4.83. The minimum Gasteiger partial charge on any atom is -0.376 e. The van der Waals surface area contributed by atoms with E-state index in [4.69, 9.17) is 17.3 Å². The molecule has 0 heterocycles. The Balaban J connectivity index is 1.89. The molecule has 0 saturated carbocycles. The van der Waals surface area contributed by atoms with E-state index in [0.717, 1.165) is 17.5 Å². The lowest BCUT2D eigenvalue weighted by atomic mass is 10.1. The molecule has 2 unspecified atom stereocenters. The van der Waals surface area contributed by atoms with Gasteiger partial charge in [0.25, 0.3) is 0 Å². The lowest BCUT2D eigenvalue weighted by Gasteiger charge is -2.16. The molecular formula is C15H14ClFN2. The number of halogens is 2. The summed E-state index contributed by atoms with van der Waals surface area (Å²) >= 11 is 5.75. The smallest absolute Gasteiger partial charge is 0.147 e. The van der Waals surface area contributed by atoms with Crippen LogP contribution in [0.1, 0.15) is 29.6 Å². The molecule has 19 heavy (non-hydrogen) atoms. The Hall–Kier alpha value is -1.58. The monoisotopic (exact) mass is 276 g/mol. The lowest BCUT2D eigenvalue weighted by Crippen LogP contribution is -2.10. The number of nitrogens with one attached hydrogen (secondary N) is 1. The molecule has 0 saturated heterocycles. The minimum absolute atomic E-state index is 0.00376. The van der Waals surface area contributed by atoms with Crippen LogP contribution in [0.15, 0.2) is 42.5 Å². The lowest BCUT2D eigenvalue weighted by molar-refractivity contribution is 0.614. The standard InChI is InChI=1S/C15H14ClFN2/c16-9-5-6-14(12(17)7-9)19-15-8-13(18)10-3-1-2-4-11(10)15/h1-7,13,15,19H,8,18H2. The van der Waals surface area contributed by atoms with Crippen molar-refractivity contribution in [1.29, 1.82) is 0 Å². The van der Waals surface area contributed by atoms with E-state index in [2.05, 4.69) is 5.32 Å². The molecule has 0 spiro atoms. The Morgan fingerprint density at radius 1 is 1.16 bits per heavy atom. The van der Waals surface area contributed by atoms with Crippen molar-refractivity contribution in [3.63, 3.8) is 0 Å². The van der Waals surface area contributed by atoms with Crippen LogP contribution in [-0.2, 0) is 0 Å². The predicted octanol–water partition coefficient (Wildman–Crippen LogP) is 4.04. The first-order valence-corrected chi connectivity index (χ1v) is 6.59. The van der Waals surface area contributed by atoms with Crippen LogP contribution < -0.4 is 11.1 Å². The summed E-state index contributed by atoms with van der Waals surface area (Å²) in [6.07, 6.45) is 0.765. The number of nitrogens with two attached hydrogens (primary N) is 1. The van der Waals surface area contributed by atoms with Crippen molar-refractivity contribution < 1.29 is 4.39 Å². The summed E-state index contributed by atoms with van der Waals surface area (Å²) in [4.78, 5) is 0. The zero-order valence-corrected chi connectivity index (χ0v) is 11.0. The Labute approximate surface area is 116 Å². The van der Waals surface area contributed by atoms with Gasteiger partial charge in [-0.25, -0.2) is 4.39 Å². The van der Waals surface area contributed by atoms with Gasteiger partial charge in [0.2, 0.25) is 0 Å². The molecule has 2 aromatic rings. The molecule has 2 nitrogen and oxygen atoms in total. The molecule has 0 amide bonds. The quantitative estimate of drug-likeness (QED) is 0.869. The van der Waals surface area contributed by atoms with E-state index in [1.807, 2.05) is 24.3 Å². The Morgan fingerprint density at radius 3 is 2.63 bits per heavy atom. The van der Waals surface area contributed by atoms with E-state index in [-0.39, 0.29) is 17.9 Å². The normalized spacial score (nSPS) is 21.2. The van der Waals surface area contributed by atoms with Crippen molar-refractivity contribution in [2.75, 3.05) is 5.32 Å². The molecule has 4 heteroatoms. The average Bonchev–Trinajstić information content (AvgIpc) is 2.71. The van der Waals surface area contributed by atoms with E-state index >= 15 is 0 Å². The van der Waals surface area contributed by atoms with Gasteiger partial charge in [0.1, 0.15) is 5.82 Å². The molecular weight excluding hydrogens is 263 g/mol. The van der Waals surface area contributed by atoms with Gasteiger partial charge >= 0.3 is 0 Å². The third kappa shape index (κ3) is 2.31. The van der Waals surface area contributed by atoms with Gasteiger partial charge in [0, 0.05) is 11.1 Å². The third-order valence-corrected chi connectivity index (χ3v) is 3.76. The minimum atomic E-state index is -0.342. The largest absolute Gasteiger partial charge is 0.376 e. The maximum Gasteiger partial charge on any atom is 0.147 e. The molecule has 0 aromatic heterocycles. The number of anilines is 1. The second-order valence-corrected chi connectivity index (χ2v) is 5.23. The Kier molecular flexibility index (Phi) is 3.17. The van der Waals surface area contributed by atoms with Gasteiger partial charge in [0.05, 0.1) is 11.7 Å². The van der Waals surface area contributed by atoms with Crippen LogP contribution in [0.5, 0.6) is 0 Å². The highest BCUT2D eigenvalue weighted by atomic mass is 35.5. The van der Waals surface area contributed by atoms with Crippen molar-refractivity contribution in [1.82, 2.24) is 0 Å². The van der Waals surface area contributed by atoms with Gasteiger partial charge in [-0.1, -0.05) is 35.9 Å². The summed E-state index contributed by atoms with van der Waals surface area (Å²) in [5.74, 6) is -0.342. The van der Waals surface area contributed by atoms with Gasteiger partial charge < -0.3 is 11.1 Å². The van der Waals surface area contributed by atoms with Crippen LogP contribution in [0.4, 0.5) is 10.1 Å². The zero-order chi connectivity index (χ0) is 13.4. The van der Waals surface area contributed by atoms with E-state index in [9.17, 15) is 4.39 Å². The van der Waals surface area contributed by atoms with Gasteiger partial charge in [-0.05, 0) is 35.7 Å². The SMILES string of the molecule is NC1CC(Nc2ccc(Cl)cc2F)c2ccccc21. The number of hydrogen-bond acceptors (Lipinski definition) is 2. The van der Waals surface area contributed by atoms with Crippen LogP contribution in [0.25, 0.3) is 0 Å². The molecule has 0 aliphatic heterocycles. The van der Waals surface area contributed by atoms with Crippen molar-refractivity contribution in [3.8, 4) is 0 Å². The molecule has 3 N–H and O–H groups in total. The van der Waals surface area contributed by atoms with Gasteiger partial charge in [-0.15, -0.1) is 0 Å². The zero-order valence-electron chi connectivity index (χ0n) is 10.2. The first kappa shape index (κ1) is 12.5. The van der Waals surface area contributed by atoms with E-state index in [1.165, 1.54) is 6.07 Å². The highest BCUT2D eigenvalue weighted by molar-refractivity contribution is 6.30. The van der Waals surface area contributed by atoms with E-state index in [1.54, 1.807) is 12.1 Å². The molecule has 0 radical (unpaired) electrons. The van der Waals surface area contributed by atoms with Crippen LogP contribution in [0.3, 0.4) is 0 Å². The highest BCUT2D eigenvalue weighted by Gasteiger charge is 2.28. The molecule has 98 valence electrons. The van der Waals surface area contributed by atoms with Gasteiger partial charge in [0.15, 0.2) is 0 Å². The fraction of sp³-hybridized carbons (Fsp3) is 0.200. The van der Waals surface area contributed by atoms with Crippen LogP contribution >= 0.6 is 11.6 Å². The van der Waals surface area contributed by atoms with Crippen molar-refractivity contribution >= 4 is 17.3 Å². The third-order valence-electron chi connectivity index (χ3n) is 3.52. The first-order chi connectivity index (χ1) is 9.15. The predicted molar refractivity (Wildman–Crippen MR) is 75.8 cm³/mol. The second-order valence-electron chi connectivity index (χ2n) is 4.79. The molecule has 1 aliphatic rings. The van der Waals surface area contributed by atoms with Crippen LogP contribution in [0.2, 0.25) is 5.02 Å². The van der Waals surface area contributed by atoms with Crippen LogP contribution in [0, 0.1) is 5.82 Å². The molecule has 2 aromatic carbocycles. The van der Waals surface area contributed by atoms with Crippen molar-refractivity contribution in [3.05, 3.63) is 64.4 Å². The average molecular weight is 277 g/mol. The van der Waals surface area contributed by atoms with Crippen molar-refractivity contribution in [2.24, 2.45) is 5.73 Å². The van der Waals surface area contributed by atoms with E-state index < -0.39 is 0 Å².